The molecule has 0 atom stereocenters. The molecule has 2 aromatic heterocycles. The second-order valence-corrected chi connectivity index (χ2v) is 19.8. The van der Waals surface area contributed by atoms with Gasteiger partial charge < -0.3 is 0 Å². The molecule has 0 amide bonds. The zero-order valence-electron chi connectivity index (χ0n) is 15.5. The van der Waals surface area contributed by atoms with E-state index < -0.39 is 16.1 Å². The molecule has 0 spiro atoms. The quantitative estimate of drug-likeness (QED) is 0.697. The highest BCUT2D eigenvalue weighted by atomic mass is 28.3. The minimum Gasteiger partial charge on any atom is -0.258 e. The number of rotatable bonds is 6. The van der Waals surface area contributed by atoms with Gasteiger partial charge in [-0.3, -0.25) is 9.97 Å². The van der Waals surface area contributed by atoms with E-state index in [1.54, 1.807) is 0 Å². The Kier molecular flexibility index (Phi) is 5.58. The smallest absolute Gasteiger partial charge is 0.0506 e. The van der Waals surface area contributed by atoms with Gasteiger partial charge in [0.1, 0.15) is 0 Å². The lowest BCUT2D eigenvalue weighted by Gasteiger charge is -2.16. The molecular weight excluding hydrogens is 312 g/mol. The number of pyridine rings is 2. The zero-order valence-corrected chi connectivity index (χ0v) is 17.5. The molecule has 4 heteroatoms. The van der Waals surface area contributed by atoms with Gasteiger partial charge in [-0.15, -0.1) is 0 Å². The third kappa shape index (κ3) is 6.79. The summed E-state index contributed by atoms with van der Waals surface area (Å²) in [6.45, 7) is 14.3. The minimum atomic E-state index is -1.12. The molecule has 0 aromatic carbocycles. The lowest BCUT2D eigenvalue weighted by molar-refractivity contribution is 0.960. The summed E-state index contributed by atoms with van der Waals surface area (Å²) < 4.78 is 0. The summed E-state index contributed by atoms with van der Waals surface area (Å²) in [6.07, 6.45) is 0.832. The minimum absolute atomic E-state index is 0.832. The van der Waals surface area contributed by atoms with Crippen molar-refractivity contribution in [3.63, 3.8) is 0 Å². The lowest BCUT2D eigenvalue weighted by atomic mass is 10.2. The molecule has 0 aliphatic carbocycles. The Balaban J connectivity index is 2.13. The molecule has 0 N–H and O–H groups in total. The third-order valence-electron chi connectivity index (χ3n) is 3.51. The van der Waals surface area contributed by atoms with Crippen LogP contribution in [0.25, 0.3) is 0 Å². The molecule has 2 heterocycles. The van der Waals surface area contributed by atoms with Crippen LogP contribution >= 0.6 is 0 Å². The Labute approximate surface area is 143 Å². The molecule has 0 saturated carbocycles. The van der Waals surface area contributed by atoms with Crippen LogP contribution in [0, 0.1) is 0 Å². The fourth-order valence-electron chi connectivity index (χ4n) is 2.72. The summed E-state index contributed by atoms with van der Waals surface area (Å²) in [5.41, 5.74) is 4.75. The topological polar surface area (TPSA) is 25.8 Å². The van der Waals surface area contributed by atoms with E-state index >= 15 is 0 Å². The molecule has 0 radical (unpaired) electrons. The molecule has 2 aromatic rings. The van der Waals surface area contributed by atoms with Crippen LogP contribution in [0.3, 0.4) is 0 Å². The fourth-order valence-corrected chi connectivity index (χ4v) is 5.29. The van der Waals surface area contributed by atoms with Crippen LogP contribution in [-0.4, -0.2) is 26.1 Å². The lowest BCUT2D eigenvalue weighted by Crippen LogP contribution is -2.25. The third-order valence-corrected chi connectivity index (χ3v) is 6.36. The molecule has 124 valence electrons. The van der Waals surface area contributed by atoms with Gasteiger partial charge in [-0.1, -0.05) is 51.4 Å². The highest BCUT2D eigenvalue weighted by molar-refractivity contribution is 6.75. The van der Waals surface area contributed by atoms with E-state index in [0.717, 1.165) is 29.9 Å². The fraction of sp³-hybridized carbons (Fsp3) is 0.474. The summed E-state index contributed by atoms with van der Waals surface area (Å²) in [4.78, 5) is 9.72. The molecule has 0 aliphatic heterocycles. The van der Waals surface area contributed by atoms with Crippen molar-refractivity contribution in [1.29, 1.82) is 0 Å². The maximum Gasteiger partial charge on any atom is 0.0506 e. The number of aromatic nitrogens is 2. The first-order chi connectivity index (χ1) is 10.6. The second-order valence-electron chi connectivity index (χ2n) is 8.89. The van der Waals surface area contributed by atoms with Crippen molar-refractivity contribution in [1.82, 2.24) is 9.97 Å². The van der Waals surface area contributed by atoms with Gasteiger partial charge in [-0.25, -0.2) is 0 Å². The van der Waals surface area contributed by atoms with Crippen LogP contribution in [0.1, 0.15) is 22.8 Å². The number of nitrogens with zero attached hydrogens (tertiary/aromatic N) is 2. The van der Waals surface area contributed by atoms with Crippen molar-refractivity contribution in [2.24, 2.45) is 0 Å². The van der Waals surface area contributed by atoms with E-state index in [2.05, 4.69) is 75.7 Å². The van der Waals surface area contributed by atoms with Gasteiger partial charge >= 0.3 is 0 Å². The molecule has 2 nitrogen and oxygen atoms in total. The van der Waals surface area contributed by atoms with Crippen LogP contribution in [0.4, 0.5) is 0 Å². The maximum absolute atomic E-state index is 4.86. The molecule has 0 aliphatic rings. The first kappa shape index (κ1) is 18.1. The van der Waals surface area contributed by atoms with E-state index in [4.69, 9.17) is 9.97 Å². The van der Waals surface area contributed by atoms with Crippen molar-refractivity contribution in [2.75, 3.05) is 0 Å². The Morgan fingerprint density at radius 3 is 1.30 bits per heavy atom. The molecule has 0 saturated heterocycles. The van der Waals surface area contributed by atoms with Gasteiger partial charge in [0.15, 0.2) is 0 Å². The van der Waals surface area contributed by atoms with Gasteiger partial charge in [0, 0.05) is 29.2 Å². The summed E-state index contributed by atoms with van der Waals surface area (Å²) in [7, 11) is -2.24. The first-order valence-corrected chi connectivity index (χ1v) is 15.9. The normalized spacial score (nSPS) is 12.4. The zero-order chi connectivity index (χ0) is 17.1. The van der Waals surface area contributed by atoms with Gasteiger partial charge in [-0.2, -0.15) is 0 Å². The SMILES string of the molecule is C[Si](C)(C)Cc1cccc(Cc2cccc(C[Si](C)(C)C)n2)n1. The van der Waals surface area contributed by atoms with Gasteiger partial charge in [0.2, 0.25) is 0 Å². The highest BCUT2D eigenvalue weighted by Gasteiger charge is 2.16. The van der Waals surface area contributed by atoms with Crippen LogP contribution in [-0.2, 0) is 18.5 Å². The molecule has 0 unspecified atom stereocenters. The summed E-state index contributed by atoms with van der Waals surface area (Å²) in [5.74, 6) is 0. The highest BCUT2D eigenvalue weighted by Crippen LogP contribution is 2.14. The Bertz CT molecular complexity index is 597. The summed E-state index contributed by atoms with van der Waals surface area (Å²) in [6, 6.07) is 15.1. The van der Waals surface area contributed by atoms with Crippen molar-refractivity contribution in [2.45, 2.75) is 57.8 Å². The van der Waals surface area contributed by atoms with E-state index in [9.17, 15) is 0 Å². The Morgan fingerprint density at radius 2 is 0.957 bits per heavy atom. The Morgan fingerprint density at radius 1 is 0.609 bits per heavy atom. The molecule has 0 fully saturated rings. The average molecular weight is 343 g/mol. The molecule has 2 rings (SSSR count). The van der Waals surface area contributed by atoms with E-state index in [1.807, 2.05) is 0 Å². The monoisotopic (exact) mass is 342 g/mol. The summed E-state index contributed by atoms with van der Waals surface area (Å²) in [5, 5.41) is 0. The van der Waals surface area contributed by atoms with E-state index in [0.29, 0.717) is 0 Å². The van der Waals surface area contributed by atoms with Crippen molar-refractivity contribution < 1.29 is 0 Å². The van der Waals surface area contributed by atoms with E-state index in [-0.39, 0.29) is 0 Å². The molecule has 23 heavy (non-hydrogen) atoms. The average Bonchev–Trinajstić information content (AvgIpc) is 2.35. The van der Waals surface area contributed by atoms with Gasteiger partial charge in [0.05, 0.1) is 16.1 Å². The molecule has 0 bridgehead atoms. The van der Waals surface area contributed by atoms with Gasteiger partial charge in [-0.05, 0) is 36.4 Å². The predicted molar refractivity (Wildman–Crippen MR) is 105 cm³/mol. The standard InChI is InChI=1S/C19H30N2Si2/c1-22(2,3)14-18-11-7-9-16(20-18)13-17-10-8-12-19(21-17)15-23(4,5)6/h7-12H,13-15H2,1-6H3. The molecular formula is C19H30N2Si2. The van der Waals surface area contributed by atoms with Crippen LogP contribution in [0.5, 0.6) is 0 Å². The van der Waals surface area contributed by atoms with Crippen LogP contribution < -0.4 is 0 Å². The second kappa shape index (κ2) is 7.10. The van der Waals surface area contributed by atoms with Crippen LogP contribution in [0.2, 0.25) is 39.3 Å². The first-order valence-electron chi connectivity index (χ1n) is 8.50. The largest absolute Gasteiger partial charge is 0.258 e. The number of hydrogen-bond acceptors (Lipinski definition) is 2. The van der Waals surface area contributed by atoms with Crippen molar-refractivity contribution >= 4 is 16.1 Å². The van der Waals surface area contributed by atoms with Gasteiger partial charge in [0.25, 0.3) is 0 Å². The summed E-state index contributed by atoms with van der Waals surface area (Å²) >= 11 is 0. The Hall–Kier alpha value is -1.27. The maximum atomic E-state index is 4.86. The van der Waals surface area contributed by atoms with Crippen molar-refractivity contribution in [3.05, 3.63) is 59.2 Å². The van der Waals surface area contributed by atoms with Crippen LogP contribution in [0.15, 0.2) is 36.4 Å². The predicted octanol–water partition coefficient (Wildman–Crippen LogP) is 4.91. The van der Waals surface area contributed by atoms with E-state index in [1.165, 1.54) is 11.4 Å². The van der Waals surface area contributed by atoms with Crippen molar-refractivity contribution in [3.8, 4) is 0 Å². The number of hydrogen-bond donors (Lipinski definition) is 0.